The SMILES string of the molecule is CCCCn1c(-c2ccc(Br)cc2)nc(-c2ccc(Br)cc2)c1-c1ccc(Br)cc1. The minimum atomic E-state index is 0.927. The van der Waals surface area contributed by atoms with Gasteiger partial charge in [0.1, 0.15) is 5.82 Å². The molecule has 0 saturated heterocycles. The molecule has 30 heavy (non-hydrogen) atoms. The third-order valence-corrected chi connectivity index (χ3v) is 6.63. The summed E-state index contributed by atoms with van der Waals surface area (Å²) >= 11 is 10.7. The van der Waals surface area contributed by atoms with Gasteiger partial charge in [0.05, 0.1) is 11.4 Å². The molecule has 0 spiro atoms. The fourth-order valence-electron chi connectivity index (χ4n) is 3.52. The number of hydrogen-bond acceptors (Lipinski definition) is 1. The van der Waals surface area contributed by atoms with E-state index in [2.05, 4.69) is 132 Å². The van der Waals surface area contributed by atoms with Gasteiger partial charge in [-0.15, -0.1) is 0 Å². The van der Waals surface area contributed by atoms with Gasteiger partial charge in [-0.1, -0.05) is 97.5 Å². The summed E-state index contributed by atoms with van der Waals surface area (Å²) in [6, 6.07) is 25.3. The van der Waals surface area contributed by atoms with Crippen LogP contribution in [-0.2, 0) is 6.54 Å². The largest absolute Gasteiger partial charge is 0.323 e. The van der Waals surface area contributed by atoms with Crippen molar-refractivity contribution in [2.24, 2.45) is 0 Å². The molecule has 0 atom stereocenters. The van der Waals surface area contributed by atoms with Gasteiger partial charge in [-0.3, -0.25) is 0 Å². The first-order valence-corrected chi connectivity index (χ1v) is 12.3. The molecule has 0 fully saturated rings. The van der Waals surface area contributed by atoms with Crippen LogP contribution >= 0.6 is 47.8 Å². The third-order valence-electron chi connectivity index (χ3n) is 5.04. The van der Waals surface area contributed by atoms with Crippen LogP contribution in [0.25, 0.3) is 33.9 Å². The fraction of sp³-hybridized carbons (Fsp3) is 0.160. The minimum Gasteiger partial charge on any atom is -0.323 e. The van der Waals surface area contributed by atoms with Crippen molar-refractivity contribution in [3.63, 3.8) is 0 Å². The first kappa shape index (κ1) is 21.5. The summed E-state index contributed by atoms with van der Waals surface area (Å²) in [6.45, 7) is 3.15. The lowest BCUT2D eigenvalue weighted by molar-refractivity contribution is 0.641. The molecule has 0 N–H and O–H groups in total. The van der Waals surface area contributed by atoms with Crippen LogP contribution in [0.1, 0.15) is 19.8 Å². The lowest BCUT2D eigenvalue weighted by Gasteiger charge is -2.13. The number of rotatable bonds is 6. The van der Waals surface area contributed by atoms with E-state index >= 15 is 0 Å². The number of hydrogen-bond donors (Lipinski definition) is 0. The summed E-state index contributed by atoms with van der Waals surface area (Å²) < 4.78 is 5.59. The Morgan fingerprint density at radius 2 is 1.13 bits per heavy atom. The van der Waals surface area contributed by atoms with Crippen LogP contribution in [0.2, 0.25) is 0 Å². The van der Waals surface area contributed by atoms with Crippen molar-refractivity contribution >= 4 is 47.8 Å². The van der Waals surface area contributed by atoms with Crippen LogP contribution in [0.4, 0.5) is 0 Å². The van der Waals surface area contributed by atoms with Gasteiger partial charge in [0.15, 0.2) is 0 Å². The van der Waals surface area contributed by atoms with E-state index in [-0.39, 0.29) is 0 Å². The van der Waals surface area contributed by atoms with E-state index in [0.717, 1.165) is 61.1 Å². The highest BCUT2D eigenvalue weighted by Crippen LogP contribution is 2.37. The molecular weight excluding hydrogens is 568 g/mol. The number of halogens is 3. The van der Waals surface area contributed by atoms with Gasteiger partial charge in [-0.25, -0.2) is 4.98 Å². The number of nitrogens with zero attached hydrogens (tertiary/aromatic N) is 2. The number of benzene rings is 3. The van der Waals surface area contributed by atoms with Gasteiger partial charge in [0, 0.05) is 36.7 Å². The minimum absolute atomic E-state index is 0.927. The Morgan fingerprint density at radius 3 is 1.63 bits per heavy atom. The van der Waals surface area contributed by atoms with E-state index in [1.165, 1.54) is 5.56 Å². The molecule has 3 aromatic carbocycles. The van der Waals surface area contributed by atoms with Gasteiger partial charge in [0.2, 0.25) is 0 Å². The van der Waals surface area contributed by atoms with E-state index in [9.17, 15) is 0 Å². The van der Waals surface area contributed by atoms with Crippen molar-refractivity contribution < 1.29 is 0 Å². The number of aromatic nitrogens is 2. The second-order valence-electron chi connectivity index (χ2n) is 7.16. The fourth-order valence-corrected chi connectivity index (χ4v) is 4.31. The molecule has 1 heterocycles. The molecule has 2 nitrogen and oxygen atoms in total. The topological polar surface area (TPSA) is 17.8 Å². The molecule has 152 valence electrons. The van der Waals surface area contributed by atoms with Crippen LogP contribution < -0.4 is 0 Å². The Bertz CT molecular complexity index is 1130. The lowest BCUT2D eigenvalue weighted by Crippen LogP contribution is -2.03. The Balaban J connectivity index is 1.98. The summed E-state index contributed by atoms with van der Waals surface area (Å²) in [4.78, 5) is 5.18. The highest BCUT2D eigenvalue weighted by molar-refractivity contribution is 9.11. The molecule has 0 saturated carbocycles. The molecule has 4 rings (SSSR count). The number of unbranched alkanes of at least 4 members (excludes halogenated alkanes) is 1. The quantitative estimate of drug-likeness (QED) is 0.220. The molecule has 0 unspecified atom stereocenters. The standard InChI is InChI=1S/C25H21Br3N2/c1-2-3-16-30-24(18-6-12-21(27)13-7-18)23(17-4-10-20(26)11-5-17)29-25(30)19-8-14-22(28)15-9-19/h4-15H,2-3,16H2,1H3. The van der Waals surface area contributed by atoms with Gasteiger partial charge in [0.25, 0.3) is 0 Å². The van der Waals surface area contributed by atoms with Crippen molar-refractivity contribution in [1.29, 1.82) is 0 Å². The first-order valence-electron chi connectivity index (χ1n) is 9.95. The maximum Gasteiger partial charge on any atom is 0.141 e. The van der Waals surface area contributed by atoms with Crippen LogP contribution in [0.3, 0.4) is 0 Å². The normalized spacial score (nSPS) is 11.1. The molecule has 0 amide bonds. The summed E-state index contributed by atoms with van der Waals surface area (Å²) in [5, 5.41) is 0. The van der Waals surface area contributed by atoms with E-state index in [4.69, 9.17) is 4.98 Å². The maximum absolute atomic E-state index is 5.18. The van der Waals surface area contributed by atoms with Gasteiger partial charge < -0.3 is 4.57 Å². The lowest BCUT2D eigenvalue weighted by atomic mass is 10.0. The molecule has 0 aliphatic rings. The predicted molar refractivity (Wildman–Crippen MR) is 137 cm³/mol. The van der Waals surface area contributed by atoms with Crippen molar-refractivity contribution in [3.8, 4) is 33.9 Å². The highest BCUT2D eigenvalue weighted by atomic mass is 79.9. The van der Waals surface area contributed by atoms with Crippen LogP contribution in [0.5, 0.6) is 0 Å². The molecule has 0 radical (unpaired) electrons. The summed E-state index contributed by atoms with van der Waals surface area (Å²) in [5.74, 6) is 1.01. The van der Waals surface area contributed by atoms with Crippen molar-refractivity contribution in [3.05, 3.63) is 86.2 Å². The molecule has 0 aliphatic carbocycles. The zero-order chi connectivity index (χ0) is 21.1. The average molecular weight is 589 g/mol. The van der Waals surface area contributed by atoms with E-state index in [1.54, 1.807) is 0 Å². The van der Waals surface area contributed by atoms with Gasteiger partial charge >= 0.3 is 0 Å². The molecule has 0 bridgehead atoms. The highest BCUT2D eigenvalue weighted by Gasteiger charge is 2.21. The molecule has 5 heteroatoms. The molecule has 4 aromatic rings. The van der Waals surface area contributed by atoms with E-state index in [0.29, 0.717) is 0 Å². The van der Waals surface area contributed by atoms with E-state index < -0.39 is 0 Å². The van der Waals surface area contributed by atoms with E-state index in [1.807, 2.05) is 0 Å². The van der Waals surface area contributed by atoms with Crippen LogP contribution in [0, 0.1) is 0 Å². The number of imidazole rings is 1. The molecule has 0 aliphatic heterocycles. The van der Waals surface area contributed by atoms with Crippen LogP contribution in [0.15, 0.2) is 86.2 Å². The average Bonchev–Trinajstić information content (AvgIpc) is 3.13. The smallest absolute Gasteiger partial charge is 0.141 e. The van der Waals surface area contributed by atoms with Crippen molar-refractivity contribution in [1.82, 2.24) is 9.55 Å². The second-order valence-corrected chi connectivity index (χ2v) is 9.91. The summed E-state index contributed by atoms with van der Waals surface area (Å²) in [5.41, 5.74) is 5.58. The zero-order valence-electron chi connectivity index (χ0n) is 16.6. The Morgan fingerprint density at radius 1 is 0.667 bits per heavy atom. The Kier molecular flexibility index (Phi) is 6.91. The first-order chi connectivity index (χ1) is 14.6. The molecular formula is C25H21Br3N2. The Labute approximate surface area is 202 Å². The monoisotopic (exact) mass is 586 g/mol. The van der Waals surface area contributed by atoms with Crippen LogP contribution in [-0.4, -0.2) is 9.55 Å². The third kappa shape index (κ3) is 4.63. The molecule has 1 aromatic heterocycles. The Hall–Kier alpha value is -1.69. The van der Waals surface area contributed by atoms with Gasteiger partial charge in [-0.2, -0.15) is 0 Å². The zero-order valence-corrected chi connectivity index (χ0v) is 21.3. The second kappa shape index (κ2) is 9.63. The predicted octanol–water partition coefficient (Wildman–Crippen LogP) is 8.97. The van der Waals surface area contributed by atoms with Crippen molar-refractivity contribution in [2.45, 2.75) is 26.3 Å². The van der Waals surface area contributed by atoms with Gasteiger partial charge in [-0.05, 0) is 42.8 Å². The van der Waals surface area contributed by atoms with Crippen molar-refractivity contribution in [2.75, 3.05) is 0 Å². The summed E-state index contributed by atoms with van der Waals surface area (Å²) in [6.07, 6.45) is 2.23. The summed E-state index contributed by atoms with van der Waals surface area (Å²) in [7, 11) is 0. The maximum atomic E-state index is 5.18.